The normalized spacial score (nSPS) is 15.6. The fourth-order valence-electron chi connectivity index (χ4n) is 3.39. The third-order valence-electron chi connectivity index (χ3n) is 5.04. The first-order chi connectivity index (χ1) is 15.2. The molecule has 0 saturated carbocycles. The highest BCUT2D eigenvalue weighted by Gasteiger charge is 2.32. The van der Waals surface area contributed by atoms with Crippen LogP contribution in [0.1, 0.15) is 12.8 Å². The van der Waals surface area contributed by atoms with Gasteiger partial charge in [0.25, 0.3) is 0 Å². The summed E-state index contributed by atoms with van der Waals surface area (Å²) in [7, 11) is -3.75. The van der Waals surface area contributed by atoms with Gasteiger partial charge in [-0.25, -0.2) is 12.8 Å². The smallest absolute Gasteiger partial charge is 0.322 e. The van der Waals surface area contributed by atoms with Gasteiger partial charge in [-0.05, 0) is 55.3 Å². The summed E-state index contributed by atoms with van der Waals surface area (Å²) in [4.78, 5) is 12.6. The molecule has 0 unspecified atom stereocenters. The lowest BCUT2D eigenvalue weighted by atomic mass is 9.97. The largest absolute Gasteiger partial charge is 0.403 e. The van der Waals surface area contributed by atoms with Gasteiger partial charge < -0.3 is 4.42 Å². The number of amides is 1. The number of nitrogens with zero attached hydrogens (tertiary/aromatic N) is 3. The molecule has 168 valence electrons. The summed E-state index contributed by atoms with van der Waals surface area (Å²) >= 11 is 12.0. The number of nitrogens with one attached hydrogen (secondary N) is 1. The molecule has 1 fully saturated rings. The molecule has 1 saturated heterocycles. The Bertz CT molecular complexity index is 1220. The number of hydrogen-bond donors (Lipinski definition) is 1. The van der Waals surface area contributed by atoms with E-state index in [2.05, 4.69) is 15.5 Å². The van der Waals surface area contributed by atoms with E-state index in [4.69, 9.17) is 27.6 Å². The van der Waals surface area contributed by atoms with Crippen LogP contribution in [0.4, 0.5) is 10.4 Å². The molecule has 0 radical (unpaired) electrons. The number of carbonyl (C=O) groups excluding carboxylic acids is 1. The van der Waals surface area contributed by atoms with Crippen LogP contribution in [0.3, 0.4) is 0 Å². The van der Waals surface area contributed by atoms with Gasteiger partial charge in [-0.3, -0.25) is 10.1 Å². The molecular weight excluding hydrogens is 482 g/mol. The quantitative estimate of drug-likeness (QED) is 0.564. The zero-order chi connectivity index (χ0) is 22.9. The Morgan fingerprint density at radius 2 is 1.69 bits per heavy atom. The van der Waals surface area contributed by atoms with E-state index < -0.39 is 21.8 Å². The average molecular weight is 499 g/mol. The molecule has 1 aliphatic rings. The van der Waals surface area contributed by atoms with Crippen molar-refractivity contribution in [2.24, 2.45) is 5.92 Å². The van der Waals surface area contributed by atoms with Crippen molar-refractivity contribution in [3.8, 4) is 11.5 Å². The van der Waals surface area contributed by atoms with E-state index >= 15 is 0 Å². The Kier molecular flexibility index (Phi) is 6.47. The van der Waals surface area contributed by atoms with Crippen LogP contribution in [0, 0.1) is 11.7 Å². The predicted molar refractivity (Wildman–Crippen MR) is 116 cm³/mol. The Morgan fingerprint density at radius 3 is 2.31 bits per heavy atom. The zero-order valence-electron chi connectivity index (χ0n) is 16.5. The van der Waals surface area contributed by atoms with Crippen LogP contribution >= 0.6 is 23.2 Å². The number of rotatable bonds is 5. The van der Waals surface area contributed by atoms with Gasteiger partial charge in [-0.2, -0.15) is 4.31 Å². The molecule has 12 heteroatoms. The Balaban J connectivity index is 1.37. The van der Waals surface area contributed by atoms with Crippen LogP contribution in [0.25, 0.3) is 11.5 Å². The summed E-state index contributed by atoms with van der Waals surface area (Å²) in [5.74, 6) is -1.14. The van der Waals surface area contributed by atoms with Crippen molar-refractivity contribution < 1.29 is 22.0 Å². The molecule has 3 aromatic rings. The number of carbonyl (C=O) groups is 1. The number of aromatic nitrogens is 2. The predicted octanol–water partition coefficient (Wildman–Crippen LogP) is 4.22. The van der Waals surface area contributed by atoms with Crippen molar-refractivity contribution in [1.82, 2.24) is 14.5 Å². The minimum absolute atomic E-state index is 0.0151. The maximum absolute atomic E-state index is 13.1. The maximum Gasteiger partial charge on any atom is 0.322 e. The SMILES string of the molecule is O=C(Nc1nnc(-c2cc(Cl)cc(Cl)c2)o1)C1CCN(S(=O)(=O)c2ccc(F)cc2)CC1. The molecule has 0 aliphatic carbocycles. The minimum Gasteiger partial charge on any atom is -0.403 e. The zero-order valence-corrected chi connectivity index (χ0v) is 18.8. The monoisotopic (exact) mass is 498 g/mol. The maximum atomic E-state index is 13.1. The number of piperidine rings is 1. The van der Waals surface area contributed by atoms with E-state index in [1.54, 1.807) is 18.2 Å². The number of anilines is 1. The van der Waals surface area contributed by atoms with Gasteiger partial charge in [0, 0.05) is 34.6 Å². The van der Waals surface area contributed by atoms with Crippen LogP contribution in [0.5, 0.6) is 0 Å². The van der Waals surface area contributed by atoms with Crippen LogP contribution in [0.2, 0.25) is 10.0 Å². The Morgan fingerprint density at radius 1 is 1.06 bits per heavy atom. The molecule has 2 heterocycles. The van der Waals surface area contributed by atoms with Crippen molar-refractivity contribution in [2.75, 3.05) is 18.4 Å². The van der Waals surface area contributed by atoms with Gasteiger partial charge in [0.05, 0.1) is 4.90 Å². The second kappa shape index (κ2) is 9.14. The second-order valence-electron chi connectivity index (χ2n) is 7.19. The lowest BCUT2D eigenvalue weighted by Crippen LogP contribution is -2.41. The molecule has 1 aliphatic heterocycles. The molecule has 8 nitrogen and oxygen atoms in total. The first-order valence-electron chi connectivity index (χ1n) is 9.59. The molecular formula is C20H17Cl2FN4O4S. The number of halogens is 3. The van der Waals surface area contributed by atoms with E-state index in [1.165, 1.54) is 16.4 Å². The van der Waals surface area contributed by atoms with Crippen molar-refractivity contribution in [3.63, 3.8) is 0 Å². The van der Waals surface area contributed by atoms with E-state index in [9.17, 15) is 17.6 Å². The molecule has 32 heavy (non-hydrogen) atoms. The number of sulfonamides is 1. The summed E-state index contributed by atoms with van der Waals surface area (Å²) in [6.45, 7) is 0.321. The third-order valence-corrected chi connectivity index (χ3v) is 7.39. The van der Waals surface area contributed by atoms with Gasteiger partial charge >= 0.3 is 6.01 Å². The highest BCUT2D eigenvalue weighted by atomic mass is 35.5. The lowest BCUT2D eigenvalue weighted by molar-refractivity contribution is -0.121. The van der Waals surface area contributed by atoms with Crippen molar-refractivity contribution in [2.45, 2.75) is 17.7 Å². The molecule has 0 bridgehead atoms. The second-order valence-corrected chi connectivity index (χ2v) is 10.0. The van der Waals surface area contributed by atoms with Gasteiger partial charge in [0.15, 0.2) is 0 Å². The molecule has 0 spiro atoms. The number of hydrogen-bond acceptors (Lipinski definition) is 6. The van der Waals surface area contributed by atoms with E-state index in [-0.39, 0.29) is 35.8 Å². The molecule has 1 aromatic heterocycles. The van der Waals surface area contributed by atoms with E-state index in [1.807, 2.05) is 0 Å². The lowest BCUT2D eigenvalue weighted by Gasteiger charge is -2.30. The van der Waals surface area contributed by atoms with E-state index in [0.717, 1.165) is 12.1 Å². The highest BCUT2D eigenvalue weighted by Crippen LogP contribution is 2.28. The minimum atomic E-state index is -3.75. The average Bonchev–Trinajstić information content (AvgIpc) is 3.22. The first kappa shape index (κ1) is 22.7. The Labute approximate surface area is 193 Å². The summed E-state index contributed by atoms with van der Waals surface area (Å²) in [6.07, 6.45) is 0.633. The standard InChI is InChI=1S/C20H17Cl2FN4O4S/c21-14-9-13(10-15(22)11-14)19-25-26-20(31-19)24-18(28)12-5-7-27(8-6-12)32(29,30)17-3-1-16(23)2-4-17/h1-4,9-12H,5-8H2,(H,24,26,28). The first-order valence-corrected chi connectivity index (χ1v) is 11.8. The highest BCUT2D eigenvalue weighted by molar-refractivity contribution is 7.89. The Hall–Kier alpha value is -2.53. The molecule has 0 atom stereocenters. The van der Waals surface area contributed by atoms with Crippen molar-refractivity contribution in [3.05, 3.63) is 58.3 Å². The van der Waals surface area contributed by atoms with E-state index in [0.29, 0.717) is 28.5 Å². The summed E-state index contributed by atoms with van der Waals surface area (Å²) in [5, 5.41) is 11.1. The fraction of sp³-hybridized carbons (Fsp3) is 0.250. The van der Waals surface area contributed by atoms with Crippen LogP contribution in [-0.2, 0) is 14.8 Å². The van der Waals surface area contributed by atoms with Gasteiger partial charge in [-0.1, -0.05) is 28.3 Å². The fourth-order valence-corrected chi connectivity index (χ4v) is 5.38. The third kappa shape index (κ3) is 4.93. The van der Waals surface area contributed by atoms with Gasteiger partial charge in [0.2, 0.25) is 21.8 Å². The molecule has 4 rings (SSSR count). The summed E-state index contributed by atoms with van der Waals surface area (Å²) in [5.41, 5.74) is 0.509. The van der Waals surface area contributed by atoms with Gasteiger partial charge in [-0.15, -0.1) is 5.10 Å². The van der Waals surface area contributed by atoms with Crippen LogP contribution in [0.15, 0.2) is 51.8 Å². The molecule has 1 amide bonds. The molecule has 1 N–H and O–H groups in total. The van der Waals surface area contributed by atoms with Crippen LogP contribution in [-0.4, -0.2) is 41.9 Å². The summed E-state index contributed by atoms with van der Waals surface area (Å²) in [6, 6.07) is 9.34. The summed E-state index contributed by atoms with van der Waals surface area (Å²) < 4.78 is 45.3. The van der Waals surface area contributed by atoms with Crippen molar-refractivity contribution in [1.29, 1.82) is 0 Å². The van der Waals surface area contributed by atoms with Gasteiger partial charge in [0.1, 0.15) is 5.82 Å². The molecule has 2 aromatic carbocycles. The van der Waals surface area contributed by atoms with Crippen molar-refractivity contribution >= 4 is 45.1 Å². The topological polar surface area (TPSA) is 105 Å². The number of benzene rings is 2. The van der Waals surface area contributed by atoms with Crippen LogP contribution < -0.4 is 5.32 Å².